The van der Waals surface area contributed by atoms with Gasteiger partial charge in [-0.1, -0.05) is 18.2 Å². The van der Waals surface area contributed by atoms with Gasteiger partial charge in [0, 0.05) is 41.1 Å². The molecule has 0 amide bonds. The van der Waals surface area contributed by atoms with Crippen LogP contribution in [0.4, 0.5) is 0 Å². The van der Waals surface area contributed by atoms with Crippen LogP contribution >= 0.6 is 11.3 Å². The average Bonchev–Trinajstić information content (AvgIpc) is 2.95. The van der Waals surface area contributed by atoms with E-state index in [1.54, 1.807) is 11.3 Å². The topological polar surface area (TPSA) is 48.9 Å². The van der Waals surface area contributed by atoms with Crippen molar-refractivity contribution in [3.63, 3.8) is 0 Å². The lowest BCUT2D eigenvalue weighted by Crippen LogP contribution is -1.89. The molecule has 0 saturated heterocycles. The largest absolute Gasteiger partial charge is 0.396 e. The highest BCUT2D eigenvalue weighted by atomic mass is 32.1. The molecule has 0 aliphatic rings. The quantitative estimate of drug-likeness (QED) is 0.744. The molecule has 4 heteroatoms. The van der Waals surface area contributed by atoms with Gasteiger partial charge in [0.15, 0.2) is 0 Å². The Morgan fingerprint density at radius 3 is 3.06 bits per heavy atom. The number of para-hydroxylation sites is 1. The number of aliphatic hydroxyl groups is 1. The zero-order valence-electron chi connectivity index (χ0n) is 9.18. The van der Waals surface area contributed by atoms with E-state index in [0.717, 1.165) is 21.8 Å². The molecule has 17 heavy (non-hydrogen) atoms. The second-order valence-corrected chi connectivity index (χ2v) is 4.72. The number of fused-ring (bicyclic) bond motifs is 1. The smallest absolute Gasteiger partial charge is 0.125 e. The summed E-state index contributed by atoms with van der Waals surface area (Å²) in [7, 11) is 0. The summed E-state index contributed by atoms with van der Waals surface area (Å²) in [4.78, 5) is 7.78. The fourth-order valence-corrected chi connectivity index (χ4v) is 2.79. The van der Waals surface area contributed by atoms with Crippen molar-refractivity contribution in [3.05, 3.63) is 41.5 Å². The molecule has 86 valence electrons. The Hall–Kier alpha value is -1.65. The Kier molecular flexibility index (Phi) is 2.66. The number of nitrogens with one attached hydrogen (secondary N) is 1. The van der Waals surface area contributed by atoms with Crippen LogP contribution in [0, 0.1) is 0 Å². The first-order valence-electron chi connectivity index (χ1n) is 5.50. The minimum atomic E-state index is 0.150. The van der Waals surface area contributed by atoms with Crippen molar-refractivity contribution in [2.24, 2.45) is 0 Å². The Morgan fingerprint density at radius 1 is 1.29 bits per heavy atom. The van der Waals surface area contributed by atoms with Gasteiger partial charge in [-0.05, 0) is 6.07 Å². The third-order valence-corrected chi connectivity index (χ3v) is 3.66. The van der Waals surface area contributed by atoms with Crippen molar-refractivity contribution in [2.75, 3.05) is 6.61 Å². The van der Waals surface area contributed by atoms with Crippen molar-refractivity contribution in [1.29, 1.82) is 0 Å². The molecule has 0 unspecified atom stereocenters. The molecule has 0 fully saturated rings. The molecule has 3 rings (SSSR count). The van der Waals surface area contributed by atoms with Gasteiger partial charge in [0.1, 0.15) is 5.01 Å². The van der Waals surface area contributed by atoms with Crippen LogP contribution in [0.3, 0.4) is 0 Å². The summed E-state index contributed by atoms with van der Waals surface area (Å²) in [6.45, 7) is 0.150. The number of nitrogens with zero attached hydrogens (tertiary/aromatic N) is 1. The zero-order valence-corrected chi connectivity index (χ0v) is 10.00. The molecule has 0 aliphatic heterocycles. The summed E-state index contributed by atoms with van der Waals surface area (Å²) >= 11 is 1.62. The first kappa shape index (κ1) is 10.5. The fourth-order valence-electron chi connectivity index (χ4n) is 1.91. The summed E-state index contributed by atoms with van der Waals surface area (Å²) in [5.74, 6) is 0. The molecule has 1 aromatic carbocycles. The lowest BCUT2D eigenvalue weighted by Gasteiger charge is -1.93. The van der Waals surface area contributed by atoms with Crippen LogP contribution in [0.25, 0.3) is 21.5 Å². The zero-order chi connectivity index (χ0) is 11.7. The molecule has 0 atom stereocenters. The van der Waals surface area contributed by atoms with Gasteiger partial charge in [0.25, 0.3) is 0 Å². The number of thiazole rings is 1. The third-order valence-electron chi connectivity index (χ3n) is 2.74. The van der Waals surface area contributed by atoms with Crippen LogP contribution in [-0.2, 0) is 6.42 Å². The Morgan fingerprint density at radius 2 is 2.18 bits per heavy atom. The van der Waals surface area contributed by atoms with Crippen molar-refractivity contribution in [1.82, 2.24) is 9.97 Å². The van der Waals surface area contributed by atoms with E-state index in [9.17, 15) is 0 Å². The standard InChI is InChI=1S/C13H12N2OS/c16-6-5-9-8-17-13(15-9)11-7-14-12-4-2-1-3-10(11)12/h1-4,7-8,14,16H,5-6H2. The maximum Gasteiger partial charge on any atom is 0.125 e. The van der Waals surface area contributed by atoms with E-state index >= 15 is 0 Å². The normalized spacial score (nSPS) is 11.1. The van der Waals surface area contributed by atoms with Crippen LogP contribution in [0.5, 0.6) is 0 Å². The summed E-state index contributed by atoms with van der Waals surface area (Å²) < 4.78 is 0. The number of benzene rings is 1. The first-order valence-corrected chi connectivity index (χ1v) is 6.38. The van der Waals surface area contributed by atoms with E-state index in [1.807, 2.05) is 23.7 Å². The lowest BCUT2D eigenvalue weighted by atomic mass is 10.2. The molecular weight excluding hydrogens is 232 g/mol. The maximum absolute atomic E-state index is 8.89. The van der Waals surface area contributed by atoms with E-state index in [-0.39, 0.29) is 6.61 Å². The summed E-state index contributed by atoms with van der Waals surface area (Å²) in [5, 5.41) is 13.1. The molecule has 3 aromatic rings. The highest BCUT2D eigenvalue weighted by Gasteiger charge is 2.09. The van der Waals surface area contributed by atoms with Crippen molar-refractivity contribution < 1.29 is 5.11 Å². The average molecular weight is 244 g/mol. The molecule has 2 aromatic heterocycles. The molecule has 3 nitrogen and oxygen atoms in total. The van der Waals surface area contributed by atoms with Gasteiger partial charge in [0.2, 0.25) is 0 Å². The molecule has 2 N–H and O–H groups in total. The minimum Gasteiger partial charge on any atom is -0.396 e. The Labute approximate surface area is 103 Å². The van der Waals surface area contributed by atoms with Gasteiger partial charge in [-0.15, -0.1) is 11.3 Å². The molecule has 0 saturated carbocycles. The highest BCUT2D eigenvalue weighted by Crippen LogP contribution is 2.30. The molecular formula is C13H12N2OS. The van der Waals surface area contributed by atoms with E-state index in [1.165, 1.54) is 5.39 Å². The van der Waals surface area contributed by atoms with Gasteiger partial charge in [-0.25, -0.2) is 4.98 Å². The fraction of sp³-hybridized carbons (Fsp3) is 0.154. The van der Waals surface area contributed by atoms with Crippen LogP contribution < -0.4 is 0 Å². The van der Waals surface area contributed by atoms with E-state index < -0.39 is 0 Å². The second-order valence-electron chi connectivity index (χ2n) is 3.87. The molecule has 0 bridgehead atoms. The molecule has 0 spiro atoms. The van der Waals surface area contributed by atoms with Crippen LogP contribution in [-0.4, -0.2) is 21.7 Å². The van der Waals surface area contributed by atoms with Gasteiger partial charge in [-0.2, -0.15) is 0 Å². The third kappa shape index (κ3) is 1.85. The predicted octanol–water partition coefficient (Wildman–Crippen LogP) is 2.83. The van der Waals surface area contributed by atoms with Crippen LogP contribution in [0.15, 0.2) is 35.8 Å². The number of aromatic nitrogens is 2. The van der Waals surface area contributed by atoms with E-state index in [0.29, 0.717) is 6.42 Å². The van der Waals surface area contributed by atoms with Crippen molar-refractivity contribution in [3.8, 4) is 10.6 Å². The number of aliphatic hydroxyl groups excluding tert-OH is 1. The van der Waals surface area contributed by atoms with E-state index in [2.05, 4.69) is 22.1 Å². The summed E-state index contributed by atoms with van der Waals surface area (Å²) in [6, 6.07) is 8.19. The van der Waals surface area contributed by atoms with Gasteiger partial charge in [0.05, 0.1) is 5.69 Å². The second kappa shape index (κ2) is 4.31. The number of hydrogen-bond acceptors (Lipinski definition) is 3. The molecule has 0 radical (unpaired) electrons. The summed E-state index contributed by atoms with van der Waals surface area (Å²) in [6.07, 6.45) is 2.62. The molecule has 0 aliphatic carbocycles. The number of rotatable bonds is 3. The maximum atomic E-state index is 8.89. The van der Waals surface area contributed by atoms with Gasteiger partial charge in [-0.3, -0.25) is 0 Å². The summed E-state index contributed by atoms with van der Waals surface area (Å²) in [5.41, 5.74) is 3.22. The SMILES string of the molecule is OCCc1csc(-c2c[nH]c3ccccc23)n1. The Balaban J connectivity index is 2.07. The van der Waals surface area contributed by atoms with Crippen molar-refractivity contribution >= 4 is 22.2 Å². The van der Waals surface area contributed by atoms with Crippen LogP contribution in [0.1, 0.15) is 5.69 Å². The van der Waals surface area contributed by atoms with E-state index in [4.69, 9.17) is 5.11 Å². The minimum absolute atomic E-state index is 0.150. The molecule has 2 heterocycles. The number of aromatic amines is 1. The lowest BCUT2D eigenvalue weighted by molar-refractivity contribution is 0.298. The highest BCUT2D eigenvalue weighted by molar-refractivity contribution is 7.13. The predicted molar refractivity (Wildman–Crippen MR) is 70.2 cm³/mol. The number of H-pyrrole nitrogens is 1. The van der Waals surface area contributed by atoms with Crippen molar-refractivity contribution in [2.45, 2.75) is 6.42 Å². The van der Waals surface area contributed by atoms with Gasteiger partial charge < -0.3 is 10.1 Å². The number of hydrogen-bond donors (Lipinski definition) is 2. The van der Waals surface area contributed by atoms with Crippen LogP contribution in [0.2, 0.25) is 0 Å². The van der Waals surface area contributed by atoms with Gasteiger partial charge >= 0.3 is 0 Å². The Bertz CT molecular complexity index is 641. The first-order chi connectivity index (χ1) is 8.38. The monoisotopic (exact) mass is 244 g/mol.